The van der Waals surface area contributed by atoms with Crippen molar-refractivity contribution in [2.24, 2.45) is 0 Å². The minimum absolute atomic E-state index is 0.0955. The zero-order valence-corrected chi connectivity index (χ0v) is 11.8. The lowest BCUT2D eigenvalue weighted by Crippen LogP contribution is -2.21. The Morgan fingerprint density at radius 1 is 1.14 bits per heavy atom. The van der Waals surface area contributed by atoms with Gasteiger partial charge >= 0.3 is 0 Å². The molecule has 6 nitrogen and oxygen atoms in total. The largest absolute Gasteiger partial charge is 0.397 e. The average molecular weight is 284 g/mol. The highest BCUT2D eigenvalue weighted by atomic mass is 16.2. The standard InChI is InChI=1S/C15H16N4O2/c1-19(2)15(21)10-5-7-11(8-6-10)18-14(20)13-12(16)4-3-9-17-13/h3-9H,16H2,1-2H3,(H,18,20). The van der Waals surface area contributed by atoms with Gasteiger partial charge in [0.2, 0.25) is 0 Å². The van der Waals surface area contributed by atoms with Crippen molar-refractivity contribution in [3.05, 3.63) is 53.9 Å². The summed E-state index contributed by atoms with van der Waals surface area (Å²) in [6, 6.07) is 9.90. The topological polar surface area (TPSA) is 88.3 Å². The number of rotatable bonds is 3. The number of carbonyl (C=O) groups is 2. The molecule has 2 aromatic rings. The molecule has 0 atom stereocenters. The fourth-order valence-electron chi connectivity index (χ4n) is 1.75. The Labute approximate surface area is 122 Å². The number of carbonyl (C=O) groups excluding carboxylic acids is 2. The quantitative estimate of drug-likeness (QED) is 0.896. The molecule has 0 aliphatic rings. The molecule has 0 saturated heterocycles. The summed E-state index contributed by atoms with van der Waals surface area (Å²) in [6.07, 6.45) is 1.50. The number of hydrogen-bond donors (Lipinski definition) is 2. The van der Waals surface area contributed by atoms with E-state index < -0.39 is 0 Å². The SMILES string of the molecule is CN(C)C(=O)c1ccc(NC(=O)c2ncccc2N)cc1. The summed E-state index contributed by atoms with van der Waals surface area (Å²) in [5.74, 6) is -0.485. The Morgan fingerprint density at radius 3 is 2.38 bits per heavy atom. The Kier molecular flexibility index (Phi) is 4.18. The number of amides is 2. The lowest BCUT2D eigenvalue weighted by molar-refractivity contribution is 0.0827. The van der Waals surface area contributed by atoms with E-state index in [2.05, 4.69) is 10.3 Å². The van der Waals surface area contributed by atoms with Crippen LogP contribution in [0, 0.1) is 0 Å². The van der Waals surface area contributed by atoms with Crippen molar-refractivity contribution in [1.82, 2.24) is 9.88 Å². The molecule has 0 radical (unpaired) electrons. The van der Waals surface area contributed by atoms with Crippen LogP contribution in [-0.4, -0.2) is 35.8 Å². The molecule has 2 amide bonds. The van der Waals surface area contributed by atoms with Crippen LogP contribution in [0.3, 0.4) is 0 Å². The fraction of sp³-hybridized carbons (Fsp3) is 0.133. The van der Waals surface area contributed by atoms with Crippen LogP contribution in [0.4, 0.5) is 11.4 Å². The summed E-state index contributed by atoms with van der Waals surface area (Å²) in [4.78, 5) is 29.2. The molecular formula is C15H16N4O2. The van der Waals surface area contributed by atoms with E-state index in [4.69, 9.17) is 5.73 Å². The Hall–Kier alpha value is -2.89. The summed E-state index contributed by atoms with van der Waals surface area (Å²) in [5.41, 5.74) is 7.31. The van der Waals surface area contributed by atoms with Gasteiger partial charge in [0.05, 0.1) is 5.69 Å². The first kappa shape index (κ1) is 14.5. The number of nitrogens with two attached hydrogens (primary N) is 1. The predicted octanol–water partition coefficient (Wildman–Crippen LogP) is 1.62. The third-order valence-corrected chi connectivity index (χ3v) is 2.85. The molecule has 0 bridgehead atoms. The van der Waals surface area contributed by atoms with Gasteiger partial charge in [-0.05, 0) is 36.4 Å². The van der Waals surface area contributed by atoms with E-state index in [0.717, 1.165) is 0 Å². The third-order valence-electron chi connectivity index (χ3n) is 2.85. The Morgan fingerprint density at radius 2 is 1.81 bits per heavy atom. The summed E-state index contributed by atoms with van der Waals surface area (Å²) < 4.78 is 0. The van der Waals surface area contributed by atoms with Crippen molar-refractivity contribution in [3.63, 3.8) is 0 Å². The zero-order chi connectivity index (χ0) is 15.4. The van der Waals surface area contributed by atoms with Gasteiger partial charge in [0.15, 0.2) is 5.69 Å². The first-order valence-electron chi connectivity index (χ1n) is 6.32. The number of nitrogens with zero attached hydrogens (tertiary/aromatic N) is 2. The van der Waals surface area contributed by atoms with Gasteiger partial charge in [-0.3, -0.25) is 9.59 Å². The summed E-state index contributed by atoms with van der Waals surface area (Å²) >= 11 is 0. The van der Waals surface area contributed by atoms with Gasteiger partial charge in [0.25, 0.3) is 11.8 Å². The molecule has 2 rings (SSSR count). The van der Waals surface area contributed by atoms with Crippen LogP contribution in [0.5, 0.6) is 0 Å². The van der Waals surface area contributed by atoms with E-state index >= 15 is 0 Å². The number of hydrogen-bond acceptors (Lipinski definition) is 4. The molecule has 0 aliphatic carbocycles. The van der Waals surface area contributed by atoms with Crippen LogP contribution >= 0.6 is 0 Å². The van der Waals surface area contributed by atoms with Crippen LogP contribution in [0.25, 0.3) is 0 Å². The maximum absolute atomic E-state index is 12.0. The number of nitrogens with one attached hydrogen (secondary N) is 1. The summed E-state index contributed by atoms with van der Waals surface area (Å²) in [7, 11) is 3.36. The monoisotopic (exact) mass is 284 g/mol. The molecule has 1 aromatic carbocycles. The second-order valence-corrected chi connectivity index (χ2v) is 4.67. The molecule has 0 fully saturated rings. The molecule has 6 heteroatoms. The number of pyridine rings is 1. The van der Waals surface area contributed by atoms with E-state index in [1.54, 1.807) is 50.5 Å². The molecular weight excluding hydrogens is 268 g/mol. The maximum atomic E-state index is 12.0. The average Bonchev–Trinajstić information content (AvgIpc) is 2.47. The van der Waals surface area contributed by atoms with Crippen molar-refractivity contribution < 1.29 is 9.59 Å². The van der Waals surface area contributed by atoms with Gasteiger partial charge in [0.1, 0.15) is 0 Å². The Bertz CT molecular complexity index is 666. The minimum atomic E-state index is -0.389. The highest BCUT2D eigenvalue weighted by molar-refractivity contribution is 6.06. The van der Waals surface area contributed by atoms with E-state index in [9.17, 15) is 9.59 Å². The summed E-state index contributed by atoms with van der Waals surface area (Å²) in [5, 5.41) is 2.69. The molecule has 108 valence electrons. The van der Waals surface area contributed by atoms with Crippen LogP contribution in [0.2, 0.25) is 0 Å². The molecule has 0 aliphatic heterocycles. The van der Waals surface area contributed by atoms with Crippen molar-refractivity contribution in [3.8, 4) is 0 Å². The lowest BCUT2D eigenvalue weighted by Gasteiger charge is -2.11. The third kappa shape index (κ3) is 3.36. The van der Waals surface area contributed by atoms with Crippen molar-refractivity contribution in [2.75, 3.05) is 25.1 Å². The number of benzene rings is 1. The van der Waals surface area contributed by atoms with Crippen LogP contribution < -0.4 is 11.1 Å². The second kappa shape index (κ2) is 6.04. The Balaban J connectivity index is 2.12. The van der Waals surface area contributed by atoms with Crippen molar-refractivity contribution in [1.29, 1.82) is 0 Å². The van der Waals surface area contributed by atoms with Crippen LogP contribution in [-0.2, 0) is 0 Å². The first-order chi connectivity index (χ1) is 9.99. The zero-order valence-electron chi connectivity index (χ0n) is 11.8. The van der Waals surface area contributed by atoms with Crippen LogP contribution in [0.1, 0.15) is 20.8 Å². The highest BCUT2D eigenvalue weighted by Crippen LogP contribution is 2.14. The fourth-order valence-corrected chi connectivity index (χ4v) is 1.75. The molecule has 0 unspecified atom stereocenters. The minimum Gasteiger partial charge on any atom is -0.397 e. The number of aromatic nitrogens is 1. The molecule has 1 aromatic heterocycles. The molecule has 3 N–H and O–H groups in total. The van der Waals surface area contributed by atoms with E-state index in [-0.39, 0.29) is 17.5 Å². The number of anilines is 2. The predicted molar refractivity (Wildman–Crippen MR) is 81.1 cm³/mol. The van der Waals surface area contributed by atoms with Gasteiger partial charge in [-0.2, -0.15) is 0 Å². The van der Waals surface area contributed by atoms with Gasteiger partial charge in [-0.15, -0.1) is 0 Å². The molecule has 0 saturated carbocycles. The highest BCUT2D eigenvalue weighted by Gasteiger charge is 2.12. The maximum Gasteiger partial charge on any atom is 0.276 e. The molecule has 0 spiro atoms. The van der Waals surface area contributed by atoms with Crippen LogP contribution in [0.15, 0.2) is 42.6 Å². The smallest absolute Gasteiger partial charge is 0.276 e. The number of nitrogen functional groups attached to an aromatic ring is 1. The lowest BCUT2D eigenvalue weighted by atomic mass is 10.2. The van der Waals surface area contributed by atoms with Crippen molar-refractivity contribution >= 4 is 23.2 Å². The van der Waals surface area contributed by atoms with Gasteiger partial charge in [0, 0.05) is 31.5 Å². The van der Waals surface area contributed by atoms with E-state index in [0.29, 0.717) is 16.9 Å². The van der Waals surface area contributed by atoms with E-state index in [1.165, 1.54) is 11.1 Å². The first-order valence-corrected chi connectivity index (χ1v) is 6.32. The normalized spacial score (nSPS) is 10.0. The van der Waals surface area contributed by atoms with Crippen molar-refractivity contribution in [2.45, 2.75) is 0 Å². The van der Waals surface area contributed by atoms with E-state index in [1.807, 2.05) is 0 Å². The summed E-state index contributed by atoms with van der Waals surface area (Å²) in [6.45, 7) is 0. The molecule has 1 heterocycles. The van der Waals surface area contributed by atoms with Gasteiger partial charge in [-0.1, -0.05) is 0 Å². The van der Waals surface area contributed by atoms with Gasteiger partial charge in [-0.25, -0.2) is 4.98 Å². The second-order valence-electron chi connectivity index (χ2n) is 4.67. The molecule has 21 heavy (non-hydrogen) atoms. The van der Waals surface area contributed by atoms with Gasteiger partial charge < -0.3 is 16.0 Å².